The van der Waals surface area contributed by atoms with Gasteiger partial charge >= 0.3 is 6.18 Å². The SMILES string of the molecule is FC(F)(F)c1cccc(Nc2nncc(NCCc3ccccc3)n2)c1. The topological polar surface area (TPSA) is 62.7 Å². The molecule has 3 aromatic rings. The minimum Gasteiger partial charge on any atom is -0.368 e. The van der Waals surface area contributed by atoms with Crippen LogP contribution in [0.2, 0.25) is 0 Å². The highest BCUT2D eigenvalue weighted by Crippen LogP contribution is 2.31. The molecule has 2 N–H and O–H groups in total. The zero-order valence-corrected chi connectivity index (χ0v) is 13.7. The normalized spacial score (nSPS) is 11.2. The van der Waals surface area contributed by atoms with Gasteiger partial charge in [0.05, 0.1) is 11.8 Å². The number of rotatable bonds is 6. The molecule has 0 saturated carbocycles. The van der Waals surface area contributed by atoms with Gasteiger partial charge in [-0.1, -0.05) is 36.4 Å². The summed E-state index contributed by atoms with van der Waals surface area (Å²) in [4.78, 5) is 4.21. The molecule has 8 heteroatoms. The van der Waals surface area contributed by atoms with Gasteiger partial charge in [-0.15, -0.1) is 5.10 Å². The highest BCUT2D eigenvalue weighted by atomic mass is 19.4. The van der Waals surface area contributed by atoms with Crippen LogP contribution in [0.25, 0.3) is 0 Å². The van der Waals surface area contributed by atoms with Crippen molar-refractivity contribution in [2.75, 3.05) is 17.2 Å². The first-order valence-corrected chi connectivity index (χ1v) is 7.92. The number of nitrogens with one attached hydrogen (secondary N) is 2. The average molecular weight is 359 g/mol. The second-order valence-electron chi connectivity index (χ2n) is 5.53. The molecule has 0 aliphatic rings. The number of alkyl halides is 3. The summed E-state index contributed by atoms with van der Waals surface area (Å²) in [7, 11) is 0. The second-order valence-corrected chi connectivity index (χ2v) is 5.53. The van der Waals surface area contributed by atoms with Crippen LogP contribution < -0.4 is 10.6 Å². The average Bonchev–Trinajstić information content (AvgIpc) is 2.63. The molecule has 0 bridgehead atoms. The van der Waals surface area contributed by atoms with E-state index in [1.807, 2.05) is 30.3 Å². The number of hydrogen-bond acceptors (Lipinski definition) is 5. The maximum atomic E-state index is 12.8. The quantitative estimate of drug-likeness (QED) is 0.687. The summed E-state index contributed by atoms with van der Waals surface area (Å²) in [6.45, 7) is 0.645. The second kappa shape index (κ2) is 7.81. The van der Waals surface area contributed by atoms with Crippen molar-refractivity contribution in [1.29, 1.82) is 0 Å². The van der Waals surface area contributed by atoms with Gasteiger partial charge in [0, 0.05) is 12.2 Å². The number of hydrogen-bond donors (Lipinski definition) is 2. The summed E-state index contributed by atoms with van der Waals surface area (Å²) >= 11 is 0. The Morgan fingerprint density at radius 1 is 0.962 bits per heavy atom. The Balaban J connectivity index is 1.62. The first-order valence-electron chi connectivity index (χ1n) is 7.92. The van der Waals surface area contributed by atoms with Gasteiger partial charge in [-0.2, -0.15) is 23.3 Å². The molecule has 0 unspecified atom stereocenters. The molecule has 0 aliphatic heterocycles. The van der Waals surface area contributed by atoms with Crippen molar-refractivity contribution in [1.82, 2.24) is 15.2 Å². The number of benzene rings is 2. The number of aromatic nitrogens is 3. The predicted molar refractivity (Wildman–Crippen MR) is 93.2 cm³/mol. The smallest absolute Gasteiger partial charge is 0.368 e. The molecule has 0 atom stereocenters. The van der Waals surface area contributed by atoms with Crippen LogP contribution in [-0.4, -0.2) is 21.7 Å². The van der Waals surface area contributed by atoms with Crippen LogP contribution in [0, 0.1) is 0 Å². The molecule has 1 aromatic heterocycles. The van der Waals surface area contributed by atoms with Crippen molar-refractivity contribution in [3.05, 3.63) is 71.9 Å². The Morgan fingerprint density at radius 3 is 2.54 bits per heavy atom. The summed E-state index contributed by atoms with van der Waals surface area (Å²) < 4.78 is 38.3. The van der Waals surface area contributed by atoms with Gasteiger partial charge in [-0.3, -0.25) is 0 Å². The third-order valence-electron chi connectivity index (χ3n) is 3.57. The lowest BCUT2D eigenvalue weighted by Crippen LogP contribution is -2.09. The lowest BCUT2D eigenvalue weighted by atomic mass is 10.1. The number of nitrogens with zero attached hydrogens (tertiary/aromatic N) is 3. The summed E-state index contributed by atoms with van der Waals surface area (Å²) in [5.74, 6) is 0.611. The molecule has 5 nitrogen and oxygen atoms in total. The molecule has 0 aliphatic carbocycles. The molecule has 0 saturated heterocycles. The largest absolute Gasteiger partial charge is 0.416 e. The van der Waals surface area contributed by atoms with Gasteiger partial charge in [0.1, 0.15) is 0 Å². The van der Waals surface area contributed by atoms with Crippen LogP contribution >= 0.6 is 0 Å². The lowest BCUT2D eigenvalue weighted by Gasteiger charge is -2.10. The minimum absolute atomic E-state index is 0.119. The first-order chi connectivity index (χ1) is 12.5. The standard InChI is InChI=1S/C18H16F3N5/c19-18(20,21)14-7-4-8-15(11-14)24-17-25-16(12-23-26-17)22-10-9-13-5-2-1-3-6-13/h1-8,11-12H,9-10H2,(H2,22,24,25,26). The minimum atomic E-state index is -4.41. The third-order valence-corrected chi connectivity index (χ3v) is 3.57. The number of anilines is 3. The van der Waals surface area contributed by atoms with E-state index in [0.29, 0.717) is 12.4 Å². The van der Waals surface area contributed by atoms with Crippen molar-refractivity contribution < 1.29 is 13.2 Å². The van der Waals surface area contributed by atoms with Crippen LogP contribution in [0.3, 0.4) is 0 Å². The fourth-order valence-corrected chi connectivity index (χ4v) is 2.32. The molecule has 0 amide bonds. The molecular formula is C18H16F3N5. The van der Waals surface area contributed by atoms with Gasteiger partial charge < -0.3 is 10.6 Å². The fraction of sp³-hybridized carbons (Fsp3) is 0.167. The summed E-state index contributed by atoms with van der Waals surface area (Å²) in [6.07, 6.45) is -2.14. The summed E-state index contributed by atoms with van der Waals surface area (Å²) in [5.41, 5.74) is 0.681. The Bertz CT molecular complexity index is 853. The van der Waals surface area contributed by atoms with Crippen molar-refractivity contribution in [2.24, 2.45) is 0 Å². The first kappa shape index (κ1) is 17.7. The molecule has 0 fully saturated rings. The molecule has 2 aromatic carbocycles. The van der Waals surface area contributed by atoms with Crippen molar-refractivity contribution >= 4 is 17.5 Å². The fourth-order valence-electron chi connectivity index (χ4n) is 2.32. The van der Waals surface area contributed by atoms with Gasteiger partial charge in [-0.05, 0) is 30.2 Å². The van der Waals surface area contributed by atoms with Crippen LogP contribution in [0.5, 0.6) is 0 Å². The van der Waals surface area contributed by atoms with E-state index in [1.165, 1.54) is 23.9 Å². The van der Waals surface area contributed by atoms with Crippen LogP contribution in [0.4, 0.5) is 30.6 Å². The van der Waals surface area contributed by atoms with Gasteiger partial charge in [0.2, 0.25) is 5.95 Å². The van der Waals surface area contributed by atoms with E-state index >= 15 is 0 Å². The molecular weight excluding hydrogens is 343 g/mol. The van der Waals surface area contributed by atoms with Crippen LogP contribution in [0.1, 0.15) is 11.1 Å². The summed E-state index contributed by atoms with van der Waals surface area (Å²) in [6, 6.07) is 14.8. The molecule has 3 rings (SSSR count). The van der Waals surface area contributed by atoms with E-state index in [-0.39, 0.29) is 11.6 Å². The van der Waals surface area contributed by atoms with Crippen molar-refractivity contribution in [3.8, 4) is 0 Å². The van der Waals surface area contributed by atoms with E-state index < -0.39 is 11.7 Å². The summed E-state index contributed by atoms with van der Waals surface area (Å²) in [5, 5.41) is 13.5. The zero-order valence-electron chi connectivity index (χ0n) is 13.7. The van der Waals surface area contributed by atoms with E-state index in [4.69, 9.17) is 0 Å². The Kier molecular flexibility index (Phi) is 5.31. The molecule has 0 radical (unpaired) electrons. The maximum absolute atomic E-state index is 12.8. The molecule has 0 spiro atoms. The highest BCUT2D eigenvalue weighted by molar-refractivity contribution is 5.55. The van der Waals surface area contributed by atoms with E-state index in [9.17, 15) is 13.2 Å². The Morgan fingerprint density at radius 2 is 1.77 bits per heavy atom. The third kappa shape index (κ3) is 4.92. The number of halogens is 3. The van der Waals surface area contributed by atoms with Gasteiger partial charge in [0.25, 0.3) is 0 Å². The Labute approximate surface area is 148 Å². The van der Waals surface area contributed by atoms with E-state index in [2.05, 4.69) is 25.8 Å². The lowest BCUT2D eigenvalue weighted by molar-refractivity contribution is -0.137. The van der Waals surface area contributed by atoms with Crippen LogP contribution in [-0.2, 0) is 12.6 Å². The molecule has 134 valence electrons. The maximum Gasteiger partial charge on any atom is 0.416 e. The van der Waals surface area contributed by atoms with Crippen molar-refractivity contribution in [2.45, 2.75) is 12.6 Å². The van der Waals surface area contributed by atoms with E-state index in [0.717, 1.165) is 18.6 Å². The Hall–Kier alpha value is -3.16. The molecule has 1 heterocycles. The highest BCUT2D eigenvalue weighted by Gasteiger charge is 2.30. The van der Waals surface area contributed by atoms with Gasteiger partial charge in [0.15, 0.2) is 5.82 Å². The van der Waals surface area contributed by atoms with E-state index in [1.54, 1.807) is 0 Å². The van der Waals surface area contributed by atoms with Crippen LogP contribution in [0.15, 0.2) is 60.8 Å². The zero-order chi connectivity index (χ0) is 18.4. The molecule has 26 heavy (non-hydrogen) atoms. The monoisotopic (exact) mass is 359 g/mol. The van der Waals surface area contributed by atoms with Crippen molar-refractivity contribution in [3.63, 3.8) is 0 Å². The predicted octanol–water partition coefficient (Wildman–Crippen LogP) is 4.29. The van der Waals surface area contributed by atoms with Gasteiger partial charge in [-0.25, -0.2) is 0 Å².